The minimum absolute atomic E-state index is 0.0568. The van der Waals surface area contributed by atoms with E-state index in [4.69, 9.17) is 4.42 Å². The molecule has 2 aromatic carbocycles. The van der Waals surface area contributed by atoms with Gasteiger partial charge in [-0.15, -0.1) is 11.3 Å². The highest BCUT2D eigenvalue weighted by molar-refractivity contribution is 7.09. The molecule has 3 heterocycles. The number of fused-ring (bicyclic) bond motifs is 1. The van der Waals surface area contributed by atoms with Crippen LogP contribution >= 0.6 is 11.3 Å². The van der Waals surface area contributed by atoms with E-state index in [1.54, 1.807) is 23.5 Å². The highest BCUT2D eigenvalue weighted by Gasteiger charge is 2.25. The van der Waals surface area contributed by atoms with E-state index in [2.05, 4.69) is 9.88 Å². The van der Waals surface area contributed by atoms with Gasteiger partial charge in [0.05, 0.1) is 12.2 Å². The Morgan fingerprint density at radius 2 is 1.83 bits per heavy atom. The van der Waals surface area contributed by atoms with E-state index in [1.165, 1.54) is 12.1 Å². The number of furan rings is 1. The number of halogens is 1. The van der Waals surface area contributed by atoms with E-state index in [0.29, 0.717) is 18.8 Å². The number of hydrogen-bond donors (Lipinski definition) is 0. The zero-order valence-corrected chi connectivity index (χ0v) is 17.1. The lowest BCUT2D eigenvalue weighted by Crippen LogP contribution is -2.48. The van der Waals surface area contributed by atoms with Crippen LogP contribution < -0.4 is 0 Å². The Bertz CT molecular complexity index is 1140. The molecule has 0 radical (unpaired) electrons. The van der Waals surface area contributed by atoms with E-state index in [0.717, 1.165) is 46.9 Å². The van der Waals surface area contributed by atoms with E-state index >= 15 is 0 Å². The summed E-state index contributed by atoms with van der Waals surface area (Å²) in [6, 6.07) is 15.9. The van der Waals surface area contributed by atoms with Gasteiger partial charge in [0.15, 0.2) is 5.76 Å². The monoisotopic (exact) mass is 421 g/mol. The number of amides is 1. The number of benzene rings is 2. The van der Waals surface area contributed by atoms with E-state index in [-0.39, 0.29) is 11.7 Å². The SMILES string of the molecule is O=C(c1cc2ccccc2o1)N1CCN(Cc2nc(-c3ccc(F)cc3)cs2)CC1. The third kappa shape index (κ3) is 3.86. The van der Waals surface area contributed by atoms with Crippen molar-refractivity contribution in [2.45, 2.75) is 6.54 Å². The molecule has 0 bridgehead atoms. The van der Waals surface area contributed by atoms with Gasteiger partial charge in [-0.2, -0.15) is 0 Å². The van der Waals surface area contributed by atoms with Crippen molar-refractivity contribution in [2.75, 3.05) is 26.2 Å². The van der Waals surface area contributed by atoms with Crippen LogP contribution in [0.2, 0.25) is 0 Å². The maximum atomic E-state index is 13.1. The summed E-state index contributed by atoms with van der Waals surface area (Å²) < 4.78 is 18.8. The first-order valence-electron chi connectivity index (χ1n) is 9.86. The lowest BCUT2D eigenvalue weighted by molar-refractivity contribution is 0.0600. The molecule has 7 heteroatoms. The van der Waals surface area contributed by atoms with Gasteiger partial charge in [-0.3, -0.25) is 9.69 Å². The number of piperazine rings is 1. The molecule has 0 N–H and O–H groups in total. The number of rotatable bonds is 4. The van der Waals surface area contributed by atoms with Gasteiger partial charge in [-0.05, 0) is 36.4 Å². The maximum Gasteiger partial charge on any atom is 0.289 e. The molecule has 1 aliphatic heterocycles. The third-order valence-electron chi connectivity index (χ3n) is 5.35. The second-order valence-corrected chi connectivity index (χ2v) is 8.29. The molecule has 2 aromatic heterocycles. The molecule has 30 heavy (non-hydrogen) atoms. The standard InChI is InChI=1S/C23H20FN3O2S/c24-18-7-5-16(6-8-18)19-15-30-22(25-19)14-26-9-11-27(12-10-26)23(28)21-13-17-3-1-2-4-20(17)29-21/h1-8,13,15H,9-12,14H2. The molecule has 5 nitrogen and oxygen atoms in total. The van der Waals surface area contributed by atoms with Crippen molar-refractivity contribution in [3.63, 3.8) is 0 Å². The molecule has 1 saturated heterocycles. The van der Waals surface area contributed by atoms with Crippen LogP contribution in [0.15, 0.2) is 64.4 Å². The maximum absolute atomic E-state index is 13.1. The number of para-hydroxylation sites is 1. The molecule has 0 atom stereocenters. The summed E-state index contributed by atoms with van der Waals surface area (Å²) in [5.41, 5.74) is 2.52. The summed E-state index contributed by atoms with van der Waals surface area (Å²) in [7, 11) is 0. The van der Waals surface area contributed by atoms with Crippen molar-refractivity contribution in [3.05, 3.63) is 76.6 Å². The van der Waals surface area contributed by atoms with Crippen LogP contribution in [0.1, 0.15) is 15.6 Å². The second kappa shape index (κ2) is 8.01. The lowest BCUT2D eigenvalue weighted by atomic mass is 10.2. The fourth-order valence-electron chi connectivity index (χ4n) is 3.68. The molecular formula is C23H20FN3O2S. The summed E-state index contributed by atoms with van der Waals surface area (Å²) in [5.74, 6) is 0.0940. The summed E-state index contributed by atoms with van der Waals surface area (Å²) in [6.07, 6.45) is 0. The van der Waals surface area contributed by atoms with Crippen LogP contribution in [0.4, 0.5) is 4.39 Å². The Balaban J connectivity index is 1.19. The predicted molar refractivity (Wildman–Crippen MR) is 115 cm³/mol. The van der Waals surface area contributed by atoms with Gasteiger partial charge in [0.1, 0.15) is 16.4 Å². The normalized spacial score (nSPS) is 15.0. The number of aromatic nitrogens is 1. The molecule has 0 aliphatic carbocycles. The first kappa shape index (κ1) is 19.0. The first-order valence-corrected chi connectivity index (χ1v) is 10.7. The Kier molecular flexibility index (Phi) is 5.06. The third-order valence-corrected chi connectivity index (χ3v) is 6.18. The second-order valence-electron chi connectivity index (χ2n) is 7.35. The zero-order chi connectivity index (χ0) is 20.5. The largest absolute Gasteiger partial charge is 0.451 e. The summed E-state index contributed by atoms with van der Waals surface area (Å²) in [6.45, 7) is 3.64. The molecule has 1 aliphatic rings. The number of carbonyl (C=O) groups excluding carboxylic acids is 1. The number of thiazole rings is 1. The summed E-state index contributed by atoms with van der Waals surface area (Å²) in [4.78, 5) is 21.6. The van der Waals surface area contributed by atoms with E-state index in [9.17, 15) is 9.18 Å². The van der Waals surface area contributed by atoms with Gasteiger partial charge in [0.2, 0.25) is 0 Å². The highest BCUT2D eigenvalue weighted by Crippen LogP contribution is 2.24. The smallest absolute Gasteiger partial charge is 0.289 e. The molecular weight excluding hydrogens is 401 g/mol. The van der Waals surface area contributed by atoms with Crippen LogP contribution in [0, 0.1) is 5.82 Å². The fraction of sp³-hybridized carbons (Fsp3) is 0.217. The quantitative estimate of drug-likeness (QED) is 0.481. The van der Waals surface area contributed by atoms with Crippen LogP contribution in [-0.2, 0) is 6.54 Å². The molecule has 1 amide bonds. The van der Waals surface area contributed by atoms with Crippen molar-refractivity contribution >= 4 is 28.2 Å². The average molecular weight is 421 g/mol. The van der Waals surface area contributed by atoms with Crippen molar-refractivity contribution in [3.8, 4) is 11.3 Å². The van der Waals surface area contributed by atoms with Crippen LogP contribution in [0.5, 0.6) is 0 Å². The topological polar surface area (TPSA) is 49.6 Å². The zero-order valence-electron chi connectivity index (χ0n) is 16.3. The highest BCUT2D eigenvalue weighted by atomic mass is 32.1. The van der Waals surface area contributed by atoms with Crippen LogP contribution in [0.3, 0.4) is 0 Å². The van der Waals surface area contributed by atoms with Crippen molar-refractivity contribution in [1.29, 1.82) is 0 Å². The average Bonchev–Trinajstić information content (AvgIpc) is 3.41. The van der Waals surface area contributed by atoms with Gasteiger partial charge in [0, 0.05) is 42.5 Å². The van der Waals surface area contributed by atoms with E-state index < -0.39 is 0 Å². The number of carbonyl (C=O) groups is 1. The summed E-state index contributed by atoms with van der Waals surface area (Å²) in [5, 5.41) is 3.97. The first-order chi connectivity index (χ1) is 14.7. The number of nitrogens with zero attached hydrogens (tertiary/aromatic N) is 3. The van der Waals surface area contributed by atoms with Gasteiger partial charge in [-0.25, -0.2) is 9.37 Å². The predicted octanol–water partition coefficient (Wildman–Crippen LogP) is 4.65. The Hall–Kier alpha value is -3.03. The molecule has 152 valence electrons. The Morgan fingerprint density at radius 3 is 2.60 bits per heavy atom. The molecule has 0 spiro atoms. The molecule has 1 fully saturated rings. The Labute approximate surface area is 177 Å². The molecule has 0 saturated carbocycles. The van der Waals surface area contributed by atoms with Crippen LogP contribution in [-0.4, -0.2) is 46.9 Å². The molecule has 4 aromatic rings. The molecule has 0 unspecified atom stereocenters. The van der Waals surface area contributed by atoms with Crippen LogP contribution in [0.25, 0.3) is 22.2 Å². The fourth-order valence-corrected chi connectivity index (χ4v) is 4.52. The van der Waals surface area contributed by atoms with Crippen molar-refractivity contribution < 1.29 is 13.6 Å². The van der Waals surface area contributed by atoms with Crippen molar-refractivity contribution in [2.24, 2.45) is 0 Å². The lowest BCUT2D eigenvalue weighted by Gasteiger charge is -2.33. The Morgan fingerprint density at radius 1 is 1.07 bits per heavy atom. The minimum atomic E-state index is -0.246. The van der Waals surface area contributed by atoms with Crippen molar-refractivity contribution in [1.82, 2.24) is 14.8 Å². The summed E-state index contributed by atoms with van der Waals surface area (Å²) >= 11 is 1.61. The van der Waals surface area contributed by atoms with Gasteiger partial charge >= 0.3 is 0 Å². The van der Waals surface area contributed by atoms with E-state index in [1.807, 2.05) is 40.6 Å². The van der Waals surface area contributed by atoms with Gasteiger partial charge in [0.25, 0.3) is 5.91 Å². The van der Waals surface area contributed by atoms with Gasteiger partial charge in [-0.1, -0.05) is 18.2 Å². The molecule has 5 rings (SSSR count). The van der Waals surface area contributed by atoms with Gasteiger partial charge < -0.3 is 9.32 Å². The minimum Gasteiger partial charge on any atom is -0.451 e. The number of hydrogen-bond acceptors (Lipinski definition) is 5.